The lowest BCUT2D eigenvalue weighted by atomic mass is 9.86. The summed E-state index contributed by atoms with van der Waals surface area (Å²) in [5.41, 5.74) is 5.70. The molecule has 0 saturated carbocycles. The first-order chi connectivity index (χ1) is 11.8. The molecule has 24 heavy (non-hydrogen) atoms. The quantitative estimate of drug-likeness (QED) is 0.391. The van der Waals surface area contributed by atoms with Crippen LogP contribution in [0.3, 0.4) is 0 Å². The molecule has 0 spiro atoms. The lowest BCUT2D eigenvalue weighted by Crippen LogP contribution is -1.95. The summed E-state index contributed by atoms with van der Waals surface area (Å²) in [7, 11) is 0. The molecule has 0 saturated heterocycles. The van der Waals surface area contributed by atoms with Crippen LogP contribution in [0.25, 0.3) is 32.7 Å². The Kier molecular flexibility index (Phi) is 3.82. The Morgan fingerprint density at radius 3 is 1.33 bits per heavy atom. The SMILES string of the molecule is CCc1ccc2ccccc2c1-c1c(CC)ccc2ccccc12. The molecule has 118 valence electrons. The number of hydrogen-bond acceptors (Lipinski definition) is 0. The zero-order valence-corrected chi connectivity index (χ0v) is 14.3. The minimum atomic E-state index is 1.05. The van der Waals surface area contributed by atoms with Crippen molar-refractivity contribution in [2.24, 2.45) is 0 Å². The van der Waals surface area contributed by atoms with Crippen molar-refractivity contribution >= 4 is 21.5 Å². The summed E-state index contributed by atoms with van der Waals surface area (Å²) in [5, 5.41) is 5.37. The second-order valence-electron chi connectivity index (χ2n) is 6.35. The van der Waals surface area contributed by atoms with Crippen molar-refractivity contribution in [2.45, 2.75) is 26.7 Å². The molecule has 0 heteroatoms. The molecule has 0 bridgehead atoms. The number of aryl methyl sites for hydroxylation is 2. The number of rotatable bonds is 3. The normalized spacial score (nSPS) is 11.2. The maximum atomic E-state index is 2.30. The second kappa shape index (κ2) is 6.13. The Morgan fingerprint density at radius 2 is 0.917 bits per heavy atom. The van der Waals surface area contributed by atoms with E-state index in [0.717, 1.165) is 12.8 Å². The van der Waals surface area contributed by atoms with E-state index in [1.54, 1.807) is 0 Å². The van der Waals surface area contributed by atoms with E-state index >= 15 is 0 Å². The summed E-state index contributed by atoms with van der Waals surface area (Å²) in [5.74, 6) is 0. The number of benzene rings is 4. The molecular formula is C24H22. The van der Waals surface area contributed by atoms with Crippen molar-refractivity contribution in [3.05, 3.63) is 83.9 Å². The average molecular weight is 310 g/mol. The Bertz CT molecular complexity index is 939. The zero-order chi connectivity index (χ0) is 16.5. The Balaban J connectivity index is 2.21. The van der Waals surface area contributed by atoms with Gasteiger partial charge < -0.3 is 0 Å². The highest BCUT2D eigenvalue weighted by molar-refractivity contribution is 6.07. The van der Waals surface area contributed by atoms with Gasteiger partial charge in [0, 0.05) is 0 Å². The topological polar surface area (TPSA) is 0 Å². The molecule has 0 aromatic heterocycles. The van der Waals surface area contributed by atoms with Crippen LogP contribution in [0.5, 0.6) is 0 Å². The summed E-state index contributed by atoms with van der Waals surface area (Å²) in [4.78, 5) is 0. The van der Waals surface area contributed by atoms with E-state index in [2.05, 4.69) is 86.6 Å². The molecule has 0 nitrogen and oxygen atoms in total. The van der Waals surface area contributed by atoms with E-state index in [1.807, 2.05) is 0 Å². The van der Waals surface area contributed by atoms with Gasteiger partial charge in [-0.1, -0.05) is 86.6 Å². The minimum Gasteiger partial charge on any atom is -0.0616 e. The van der Waals surface area contributed by atoms with Gasteiger partial charge in [0.05, 0.1) is 0 Å². The summed E-state index contributed by atoms with van der Waals surface area (Å²) in [6.07, 6.45) is 2.10. The third-order valence-electron chi connectivity index (χ3n) is 5.04. The molecule has 0 amide bonds. The van der Waals surface area contributed by atoms with E-state index in [-0.39, 0.29) is 0 Å². The molecule has 4 rings (SSSR count). The van der Waals surface area contributed by atoms with Gasteiger partial charge in [-0.25, -0.2) is 0 Å². The van der Waals surface area contributed by atoms with E-state index in [0.29, 0.717) is 0 Å². The van der Waals surface area contributed by atoms with Gasteiger partial charge in [-0.05, 0) is 56.6 Å². The third-order valence-corrected chi connectivity index (χ3v) is 5.04. The Labute approximate surface area is 143 Å². The molecule has 0 radical (unpaired) electrons. The van der Waals surface area contributed by atoms with Crippen LogP contribution < -0.4 is 0 Å². The monoisotopic (exact) mass is 310 g/mol. The molecule has 0 aliphatic heterocycles. The third kappa shape index (κ3) is 2.30. The molecule has 0 N–H and O–H groups in total. The largest absolute Gasteiger partial charge is 0.0616 e. The lowest BCUT2D eigenvalue weighted by molar-refractivity contribution is 1.13. The summed E-state index contributed by atoms with van der Waals surface area (Å²) in [6, 6.07) is 26.7. The van der Waals surface area contributed by atoms with Gasteiger partial charge in [0.1, 0.15) is 0 Å². The van der Waals surface area contributed by atoms with Gasteiger partial charge >= 0.3 is 0 Å². The molecule has 0 heterocycles. The molecule has 0 fully saturated rings. The fourth-order valence-electron chi connectivity index (χ4n) is 3.81. The molecule has 4 aromatic rings. The van der Waals surface area contributed by atoms with Crippen molar-refractivity contribution < 1.29 is 0 Å². The van der Waals surface area contributed by atoms with Gasteiger partial charge in [0.25, 0.3) is 0 Å². The Hall–Kier alpha value is -2.60. The smallest absolute Gasteiger partial charge is 0.00644 e. The lowest BCUT2D eigenvalue weighted by Gasteiger charge is -2.18. The maximum absolute atomic E-state index is 2.30. The van der Waals surface area contributed by atoms with Crippen LogP contribution in [0.1, 0.15) is 25.0 Å². The molecule has 4 aromatic carbocycles. The number of hydrogen-bond donors (Lipinski definition) is 0. The van der Waals surface area contributed by atoms with Crippen molar-refractivity contribution in [1.82, 2.24) is 0 Å². The highest BCUT2D eigenvalue weighted by Gasteiger charge is 2.15. The second-order valence-corrected chi connectivity index (χ2v) is 6.35. The molecule has 0 unspecified atom stereocenters. The highest BCUT2D eigenvalue weighted by atomic mass is 14.2. The fraction of sp³-hybridized carbons (Fsp3) is 0.167. The average Bonchev–Trinajstić information content (AvgIpc) is 2.66. The van der Waals surface area contributed by atoms with Crippen molar-refractivity contribution in [3.63, 3.8) is 0 Å². The van der Waals surface area contributed by atoms with Crippen LogP contribution in [0.2, 0.25) is 0 Å². The van der Waals surface area contributed by atoms with E-state index in [9.17, 15) is 0 Å². The van der Waals surface area contributed by atoms with Crippen LogP contribution in [0, 0.1) is 0 Å². The van der Waals surface area contributed by atoms with Crippen LogP contribution >= 0.6 is 0 Å². The maximum Gasteiger partial charge on any atom is -0.00644 e. The molecule has 0 aliphatic carbocycles. The van der Waals surface area contributed by atoms with Crippen molar-refractivity contribution in [1.29, 1.82) is 0 Å². The predicted octanol–water partition coefficient (Wildman–Crippen LogP) is 6.78. The van der Waals surface area contributed by atoms with E-state index in [1.165, 1.54) is 43.8 Å². The van der Waals surface area contributed by atoms with E-state index < -0.39 is 0 Å². The number of fused-ring (bicyclic) bond motifs is 2. The van der Waals surface area contributed by atoms with Crippen molar-refractivity contribution in [3.8, 4) is 11.1 Å². The standard InChI is InChI=1S/C24H22/c1-3-17-13-15-19-9-5-7-11-21(19)23(17)24-18(4-2)14-16-20-10-6-8-12-22(20)24/h5-16H,3-4H2,1-2H3. The summed E-state index contributed by atoms with van der Waals surface area (Å²) >= 11 is 0. The van der Waals surface area contributed by atoms with Gasteiger partial charge in [0.2, 0.25) is 0 Å². The summed E-state index contributed by atoms with van der Waals surface area (Å²) in [6.45, 7) is 4.51. The highest BCUT2D eigenvalue weighted by Crippen LogP contribution is 2.39. The van der Waals surface area contributed by atoms with Crippen LogP contribution in [-0.2, 0) is 12.8 Å². The molecule has 0 aliphatic rings. The first-order valence-electron chi connectivity index (χ1n) is 8.85. The van der Waals surface area contributed by atoms with Crippen LogP contribution in [-0.4, -0.2) is 0 Å². The van der Waals surface area contributed by atoms with Gasteiger partial charge in [-0.3, -0.25) is 0 Å². The Morgan fingerprint density at radius 1 is 0.500 bits per heavy atom. The molecular weight excluding hydrogens is 288 g/mol. The van der Waals surface area contributed by atoms with E-state index in [4.69, 9.17) is 0 Å². The van der Waals surface area contributed by atoms with Gasteiger partial charge in [-0.15, -0.1) is 0 Å². The predicted molar refractivity (Wildman–Crippen MR) is 106 cm³/mol. The fourth-order valence-corrected chi connectivity index (χ4v) is 3.81. The molecule has 0 atom stereocenters. The minimum absolute atomic E-state index is 1.05. The first-order valence-corrected chi connectivity index (χ1v) is 8.85. The van der Waals surface area contributed by atoms with Crippen LogP contribution in [0.4, 0.5) is 0 Å². The van der Waals surface area contributed by atoms with Crippen LogP contribution in [0.15, 0.2) is 72.8 Å². The van der Waals surface area contributed by atoms with Crippen molar-refractivity contribution in [2.75, 3.05) is 0 Å². The van der Waals surface area contributed by atoms with Gasteiger partial charge in [-0.2, -0.15) is 0 Å². The van der Waals surface area contributed by atoms with Gasteiger partial charge in [0.15, 0.2) is 0 Å². The zero-order valence-electron chi connectivity index (χ0n) is 14.3. The summed E-state index contributed by atoms with van der Waals surface area (Å²) < 4.78 is 0. The first kappa shape index (κ1) is 15.0.